The molecule has 1 amide bonds. The number of carbonyl (C=O) groups is 1. The summed E-state index contributed by atoms with van der Waals surface area (Å²) in [5.41, 5.74) is 0.263. The third kappa shape index (κ3) is 3.68. The van der Waals surface area contributed by atoms with Gasteiger partial charge in [-0.1, -0.05) is 12.8 Å². The number of ether oxygens (including phenoxy) is 2. The second-order valence-electron chi connectivity index (χ2n) is 8.78. The molecule has 0 aromatic heterocycles. The van der Waals surface area contributed by atoms with Crippen LogP contribution in [-0.2, 0) is 14.3 Å². The van der Waals surface area contributed by atoms with Gasteiger partial charge >= 0.3 is 0 Å². The fraction of sp³-hybridized carbons (Fsp3) is 0.900. The Morgan fingerprint density at radius 1 is 1.15 bits per heavy atom. The number of rotatable bonds is 5. The van der Waals surface area contributed by atoms with Gasteiger partial charge in [-0.2, -0.15) is 0 Å². The Hall–Kier alpha value is -1.34. The van der Waals surface area contributed by atoms with Crippen molar-refractivity contribution in [1.82, 2.24) is 15.5 Å². The number of guanidine groups is 1. The van der Waals surface area contributed by atoms with Crippen molar-refractivity contribution in [2.45, 2.75) is 63.2 Å². The zero-order valence-electron chi connectivity index (χ0n) is 16.7. The number of fused-ring (bicyclic) bond motifs is 2. The summed E-state index contributed by atoms with van der Waals surface area (Å²) < 4.78 is 11.8. The SMILES string of the molecule is CN(C)C(=O)CN=C(NCC1CCCO1)NC1C2CCOC2C12CCCC2. The van der Waals surface area contributed by atoms with Crippen molar-refractivity contribution in [2.24, 2.45) is 16.3 Å². The van der Waals surface area contributed by atoms with E-state index in [1.54, 1.807) is 19.0 Å². The van der Waals surface area contributed by atoms with E-state index in [9.17, 15) is 4.79 Å². The topological polar surface area (TPSA) is 75.2 Å². The lowest BCUT2D eigenvalue weighted by atomic mass is 9.54. The van der Waals surface area contributed by atoms with Crippen LogP contribution in [0.2, 0.25) is 0 Å². The molecule has 2 saturated heterocycles. The predicted molar refractivity (Wildman–Crippen MR) is 104 cm³/mol. The maximum Gasteiger partial charge on any atom is 0.243 e. The Labute approximate surface area is 162 Å². The van der Waals surface area contributed by atoms with E-state index in [1.807, 2.05) is 0 Å². The largest absolute Gasteiger partial charge is 0.377 e. The van der Waals surface area contributed by atoms with Gasteiger partial charge in [-0.3, -0.25) is 4.79 Å². The predicted octanol–water partition coefficient (Wildman–Crippen LogP) is 1.14. The first-order valence-corrected chi connectivity index (χ1v) is 10.6. The van der Waals surface area contributed by atoms with Crippen molar-refractivity contribution in [3.63, 3.8) is 0 Å². The third-order valence-electron chi connectivity index (χ3n) is 6.97. The van der Waals surface area contributed by atoms with E-state index < -0.39 is 0 Å². The molecular formula is C20H34N4O3. The quantitative estimate of drug-likeness (QED) is 0.554. The monoisotopic (exact) mass is 378 g/mol. The number of carbonyl (C=O) groups excluding carboxylic acids is 1. The molecule has 4 fully saturated rings. The highest BCUT2D eigenvalue weighted by Gasteiger charge is 2.65. The Bertz CT molecular complexity index is 568. The van der Waals surface area contributed by atoms with Gasteiger partial charge in [-0.15, -0.1) is 0 Å². The standard InChI is InChI=1S/C20H34N4O3/c1-24(2)16(25)13-22-19(21-12-14-6-5-10-26-14)23-17-15-7-11-27-18(15)20(17)8-3-4-9-20/h14-15,17-18H,3-13H2,1-2H3,(H2,21,22,23). The Kier molecular flexibility index (Phi) is 5.60. The fourth-order valence-corrected chi connectivity index (χ4v) is 5.51. The summed E-state index contributed by atoms with van der Waals surface area (Å²) in [4.78, 5) is 18.2. The molecule has 2 aliphatic carbocycles. The molecule has 1 spiro atoms. The van der Waals surface area contributed by atoms with Crippen LogP contribution in [-0.4, -0.2) is 75.4 Å². The number of hydrogen-bond donors (Lipinski definition) is 2. The van der Waals surface area contributed by atoms with Gasteiger partial charge in [0.1, 0.15) is 6.54 Å². The van der Waals surface area contributed by atoms with Crippen LogP contribution in [0.4, 0.5) is 0 Å². The van der Waals surface area contributed by atoms with Crippen molar-refractivity contribution in [2.75, 3.05) is 40.4 Å². The first-order valence-electron chi connectivity index (χ1n) is 10.6. The molecule has 2 N–H and O–H groups in total. The highest BCUT2D eigenvalue weighted by molar-refractivity contribution is 5.85. The number of nitrogens with one attached hydrogen (secondary N) is 2. The van der Waals surface area contributed by atoms with Gasteiger partial charge in [0.05, 0.1) is 12.2 Å². The van der Waals surface area contributed by atoms with Crippen molar-refractivity contribution < 1.29 is 14.3 Å². The van der Waals surface area contributed by atoms with Crippen LogP contribution in [0, 0.1) is 11.3 Å². The summed E-state index contributed by atoms with van der Waals surface area (Å²) in [7, 11) is 3.54. The molecule has 0 aromatic rings. The third-order valence-corrected chi connectivity index (χ3v) is 6.97. The molecule has 0 bridgehead atoms. The molecule has 2 saturated carbocycles. The number of nitrogens with zero attached hydrogens (tertiary/aromatic N) is 2. The van der Waals surface area contributed by atoms with Crippen molar-refractivity contribution in [3.8, 4) is 0 Å². The molecule has 7 heteroatoms. The van der Waals surface area contributed by atoms with E-state index >= 15 is 0 Å². The molecule has 152 valence electrons. The molecule has 0 radical (unpaired) electrons. The summed E-state index contributed by atoms with van der Waals surface area (Å²) in [6.45, 7) is 2.63. The summed E-state index contributed by atoms with van der Waals surface area (Å²) in [6, 6.07) is 0.401. The van der Waals surface area contributed by atoms with Crippen molar-refractivity contribution >= 4 is 11.9 Å². The van der Waals surface area contributed by atoms with Crippen molar-refractivity contribution in [1.29, 1.82) is 0 Å². The smallest absolute Gasteiger partial charge is 0.243 e. The van der Waals surface area contributed by atoms with Gasteiger partial charge in [0.15, 0.2) is 5.96 Å². The number of amides is 1. The zero-order valence-corrected chi connectivity index (χ0v) is 16.7. The van der Waals surface area contributed by atoms with Gasteiger partial charge in [0, 0.05) is 51.2 Å². The summed E-state index contributed by atoms with van der Waals surface area (Å²) in [5.74, 6) is 1.34. The van der Waals surface area contributed by atoms with Gasteiger partial charge in [0.25, 0.3) is 0 Å². The van der Waals surface area contributed by atoms with Crippen LogP contribution < -0.4 is 10.6 Å². The first kappa shape index (κ1) is 19.0. The minimum Gasteiger partial charge on any atom is -0.377 e. The number of likely N-dealkylation sites (N-methyl/N-ethyl adjacent to an activating group) is 1. The summed E-state index contributed by atoms with van der Waals surface area (Å²) >= 11 is 0. The Morgan fingerprint density at radius 2 is 1.96 bits per heavy atom. The highest BCUT2D eigenvalue weighted by Crippen LogP contribution is 2.60. The van der Waals surface area contributed by atoms with E-state index in [0.29, 0.717) is 18.1 Å². The van der Waals surface area contributed by atoms with Crippen LogP contribution in [0.5, 0.6) is 0 Å². The second-order valence-corrected chi connectivity index (χ2v) is 8.78. The molecule has 27 heavy (non-hydrogen) atoms. The minimum absolute atomic E-state index is 0.0134. The summed E-state index contributed by atoms with van der Waals surface area (Å²) in [5, 5.41) is 7.15. The van der Waals surface area contributed by atoms with Crippen LogP contribution in [0.15, 0.2) is 4.99 Å². The van der Waals surface area contributed by atoms with Gasteiger partial charge in [0.2, 0.25) is 5.91 Å². The first-order chi connectivity index (χ1) is 13.1. The fourth-order valence-electron chi connectivity index (χ4n) is 5.51. The highest BCUT2D eigenvalue weighted by atomic mass is 16.5. The molecule has 4 rings (SSSR count). The van der Waals surface area contributed by atoms with E-state index in [4.69, 9.17) is 9.47 Å². The second kappa shape index (κ2) is 7.95. The lowest BCUT2D eigenvalue weighted by molar-refractivity contribution is -0.127. The molecule has 4 unspecified atom stereocenters. The van der Waals surface area contributed by atoms with Gasteiger partial charge in [-0.05, 0) is 32.1 Å². The number of aliphatic imine (C=N–C) groups is 1. The maximum absolute atomic E-state index is 12.0. The zero-order chi connectivity index (χ0) is 18.9. The van der Waals surface area contributed by atoms with Gasteiger partial charge < -0.3 is 25.0 Å². The molecule has 0 aromatic carbocycles. The van der Waals surface area contributed by atoms with Crippen LogP contribution >= 0.6 is 0 Å². The molecule has 2 heterocycles. The number of hydrogen-bond acceptors (Lipinski definition) is 4. The normalized spacial score (nSPS) is 34.4. The molecule has 2 aliphatic heterocycles. The van der Waals surface area contributed by atoms with E-state index in [0.717, 1.165) is 45.0 Å². The van der Waals surface area contributed by atoms with Crippen LogP contribution in [0.3, 0.4) is 0 Å². The average Bonchev–Trinajstić information content (AvgIpc) is 3.40. The molecule has 7 nitrogen and oxygen atoms in total. The average molecular weight is 379 g/mol. The lowest BCUT2D eigenvalue weighted by Gasteiger charge is -2.57. The molecule has 4 atom stereocenters. The van der Waals surface area contributed by atoms with Gasteiger partial charge in [-0.25, -0.2) is 4.99 Å². The van der Waals surface area contributed by atoms with E-state index in [2.05, 4.69) is 15.6 Å². The molecular weight excluding hydrogens is 344 g/mol. The summed E-state index contributed by atoms with van der Waals surface area (Å²) in [6.07, 6.45) is 9.05. The van der Waals surface area contributed by atoms with Crippen molar-refractivity contribution in [3.05, 3.63) is 0 Å². The Balaban J connectivity index is 1.44. The Morgan fingerprint density at radius 3 is 2.67 bits per heavy atom. The minimum atomic E-state index is 0.0134. The molecule has 4 aliphatic rings. The van der Waals surface area contributed by atoms with Crippen LogP contribution in [0.1, 0.15) is 44.9 Å². The van der Waals surface area contributed by atoms with Crippen LogP contribution in [0.25, 0.3) is 0 Å². The maximum atomic E-state index is 12.0. The lowest BCUT2D eigenvalue weighted by Crippen LogP contribution is -2.69. The van der Waals surface area contributed by atoms with E-state index in [-0.39, 0.29) is 24.0 Å². The van der Waals surface area contributed by atoms with E-state index in [1.165, 1.54) is 25.7 Å².